The molecule has 2 atom stereocenters. The molecular weight excluding hydrogens is 629 g/mol. The zero-order valence-corrected chi connectivity index (χ0v) is 26.9. The van der Waals surface area contributed by atoms with Gasteiger partial charge in [0.2, 0.25) is 0 Å². The molecule has 1 saturated heterocycles. The van der Waals surface area contributed by atoms with Gasteiger partial charge in [0.25, 0.3) is 11.8 Å². The number of benzene rings is 1. The van der Waals surface area contributed by atoms with Crippen LogP contribution in [0.3, 0.4) is 0 Å². The lowest BCUT2D eigenvalue weighted by Gasteiger charge is -2.40. The number of hydrogen-bond donors (Lipinski definition) is 2. The summed E-state index contributed by atoms with van der Waals surface area (Å²) in [5, 5.41) is 11.3. The maximum absolute atomic E-state index is 14.4. The predicted molar refractivity (Wildman–Crippen MR) is 166 cm³/mol. The van der Waals surface area contributed by atoms with Gasteiger partial charge in [-0.2, -0.15) is 13.2 Å². The number of piperazine rings is 1. The number of carbonyl (C=O) groups excluding carboxylic acids is 1. The van der Waals surface area contributed by atoms with Crippen molar-refractivity contribution in [2.75, 3.05) is 26.8 Å². The molecular formula is C31H36ClF3N6O3S. The van der Waals surface area contributed by atoms with E-state index in [0.29, 0.717) is 37.0 Å². The summed E-state index contributed by atoms with van der Waals surface area (Å²) in [6.07, 6.45) is 0.989. The molecule has 2 bridgehead atoms. The number of aryl methyl sites for hydroxylation is 2. The van der Waals surface area contributed by atoms with E-state index in [1.54, 1.807) is 18.4 Å². The van der Waals surface area contributed by atoms with Crippen molar-refractivity contribution in [1.29, 1.82) is 0 Å². The van der Waals surface area contributed by atoms with Gasteiger partial charge in [-0.05, 0) is 55.4 Å². The van der Waals surface area contributed by atoms with Gasteiger partial charge >= 0.3 is 6.18 Å². The van der Waals surface area contributed by atoms with Crippen molar-refractivity contribution in [1.82, 2.24) is 30.3 Å². The highest BCUT2D eigenvalue weighted by atomic mass is 35.5. The monoisotopic (exact) mass is 664 g/mol. The van der Waals surface area contributed by atoms with Gasteiger partial charge in [0.15, 0.2) is 5.69 Å². The molecule has 2 aromatic heterocycles. The number of alkyl halides is 3. The fourth-order valence-corrected chi connectivity index (χ4v) is 7.52. The summed E-state index contributed by atoms with van der Waals surface area (Å²) in [5.74, 6) is 0.632. The number of nitrogens with zero attached hydrogens (tertiary/aromatic N) is 4. The van der Waals surface area contributed by atoms with Gasteiger partial charge in [0.05, 0.1) is 29.6 Å². The van der Waals surface area contributed by atoms with Crippen LogP contribution in [0, 0.1) is 6.92 Å². The summed E-state index contributed by atoms with van der Waals surface area (Å²) in [6.45, 7) is 4.18. The SMILES string of the molecule is COc1cccc(CN(C(=O)C2=C(c3cnc(CCCOc4nn(C)c(C(F)(F)F)c4Cl)s3)C[C@@H]3CNC[C@H]2N3)C2CC2)c1C. The van der Waals surface area contributed by atoms with E-state index < -0.39 is 16.9 Å². The molecule has 0 spiro atoms. The van der Waals surface area contributed by atoms with Gasteiger partial charge < -0.3 is 25.0 Å². The number of rotatable bonds is 11. The molecule has 3 aromatic rings. The predicted octanol–water partition coefficient (Wildman–Crippen LogP) is 5.16. The third-order valence-corrected chi connectivity index (χ3v) is 10.0. The summed E-state index contributed by atoms with van der Waals surface area (Å²) in [6, 6.07) is 6.29. The highest BCUT2D eigenvalue weighted by Crippen LogP contribution is 2.40. The third kappa shape index (κ3) is 6.72. The number of halogens is 4. The molecule has 2 fully saturated rings. The van der Waals surface area contributed by atoms with Gasteiger partial charge in [-0.1, -0.05) is 23.7 Å². The fraction of sp³-hybridized carbons (Fsp3) is 0.516. The summed E-state index contributed by atoms with van der Waals surface area (Å²) in [4.78, 5) is 22.1. The Balaban J connectivity index is 1.19. The van der Waals surface area contributed by atoms with Crippen LogP contribution in [0.1, 0.15) is 52.4 Å². The van der Waals surface area contributed by atoms with Crippen molar-refractivity contribution < 1.29 is 27.4 Å². The Bertz CT molecular complexity index is 1600. The third-order valence-electron chi connectivity index (χ3n) is 8.59. The second-order valence-electron chi connectivity index (χ2n) is 11.7. The molecule has 14 heteroatoms. The molecule has 1 aromatic carbocycles. The number of amides is 1. The van der Waals surface area contributed by atoms with Crippen LogP contribution >= 0.6 is 22.9 Å². The lowest BCUT2D eigenvalue weighted by Crippen LogP contribution is -2.59. The zero-order valence-electron chi connectivity index (χ0n) is 25.3. The number of carbonyl (C=O) groups is 1. The number of methoxy groups -OCH3 is 1. The number of aromatic nitrogens is 3. The van der Waals surface area contributed by atoms with Crippen LogP contribution in [-0.2, 0) is 31.0 Å². The van der Waals surface area contributed by atoms with Crippen LogP contribution in [0.5, 0.6) is 11.6 Å². The Labute approximate surface area is 268 Å². The quantitative estimate of drug-likeness (QED) is 0.274. The van der Waals surface area contributed by atoms with Gasteiger partial charge in [-0.3, -0.25) is 9.48 Å². The first-order chi connectivity index (χ1) is 21.5. The number of thiazole rings is 1. The number of fused-ring (bicyclic) bond motifs is 2. The Morgan fingerprint density at radius 3 is 2.78 bits per heavy atom. The van der Waals surface area contributed by atoms with Gasteiger partial charge in [-0.15, -0.1) is 16.4 Å². The smallest absolute Gasteiger partial charge is 0.434 e. The van der Waals surface area contributed by atoms with Crippen LogP contribution in [0.2, 0.25) is 5.02 Å². The van der Waals surface area contributed by atoms with E-state index in [2.05, 4.69) is 26.8 Å². The Hall–Kier alpha value is -3.13. The van der Waals surface area contributed by atoms with Gasteiger partial charge in [0.1, 0.15) is 10.8 Å². The molecule has 3 aliphatic rings. The fourth-order valence-electron chi connectivity index (χ4n) is 6.17. The average Bonchev–Trinajstić information content (AvgIpc) is 3.65. The minimum atomic E-state index is -4.63. The largest absolute Gasteiger partial charge is 0.496 e. The Kier molecular flexibility index (Phi) is 9.15. The maximum Gasteiger partial charge on any atom is 0.434 e. The van der Waals surface area contributed by atoms with Crippen molar-refractivity contribution in [3.05, 3.63) is 61.7 Å². The van der Waals surface area contributed by atoms with E-state index in [-0.39, 0.29) is 36.5 Å². The first-order valence-electron chi connectivity index (χ1n) is 15.1. The van der Waals surface area contributed by atoms with Crippen LogP contribution in [0.15, 0.2) is 30.0 Å². The van der Waals surface area contributed by atoms with Crippen molar-refractivity contribution in [3.8, 4) is 11.6 Å². The lowest BCUT2D eigenvalue weighted by atomic mass is 9.86. The minimum absolute atomic E-state index is 0.0585. The van der Waals surface area contributed by atoms with Crippen molar-refractivity contribution in [3.63, 3.8) is 0 Å². The molecule has 0 unspecified atom stereocenters. The molecule has 0 radical (unpaired) electrons. The van der Waals surface area contributed by atoms with Crippen LogP contribution in [-0.4, -0.2) is 70.5 Å². The highest BCUT2D eigenvalue weighted by Gasteiger charge is 2.42. The van der Waals surface area contributed by atoms with E-state index in [9.17, 15) is 18.0 Å². The molecule has 9 nitrogen and oxygen atoms in total. The minimum Gasteiger partial charge on any atom is -0.496 e. The van der Waals surface area contributed by atoms with E-state index >= 15 is 0 Å². The molecule has 1 aliphatic carbocycles. The van der Waals surface area contributed by atoms with Crippen molar-refractivity contribution in [2.45, 2.75) is 69.9 Å². The molecule has 242 valence electrons. The van der Waals surface area contributed by atoms with Crippen LogP contribution < -0.4 is 20.1 Å². The highest BCUT2D eigenvalue weighted by molar-refractivity contribution is 7.12. The summed E-state index contributed by atoms with van der Waals surface area (Å²) in [7, 11) is 2.84. The summed E-state index contributed by atoms with van der Waals surface area (Å²) < 4.78 is 51.4. The number of nitrogens with one attached hydrogen (secondary N) is 2. The summed E-state index contributed by atoms with van der Waals surface area (Å²) in [5.41, 5.74) is 2.92. The maximum atomic E-state index is 14.4. The average molecular weight is 665 g/mol. The molecule has 2 N–H and O–H groups in total. The topological polar surface area (TPSA) is 93.5 Å². The Morgan fingerprint density at radius 2 is 2.07 bits per heavy atom. The number of hydrogen-bond acceptors (Lipinski definition) is 8. The second-order valence-corrected chi connectivity index (χ2v) is 13.2. The Morgan fingerprint density at radius 1 is 1.27 bits per heavy atom. The molecule has 2 aliphatic heterocycles. The van der Waals surface area contributed by atoms with Gasteiger partial charge in [0, 0.05) is 57.0 Å². The lowest BCUT2D eigenvalue weighted by molar-refractivity contribution is -0.143. The molecule has 45 heavy (non-hydrogen) atoms. The molecule has 1 saturated carbocycles. The van der Waals surface area contributed by atoms with E-state index in [1.807, 2.05) is 30.2 Å². The van der Waals surface area contributed by atoms with Gasteiger partial charge in [-0.25, -0.2) is 4.98 Å². The standard InChI is InChI=1S/C31H36ClF3N6O3S/c1-17-18(6-4-7-23(17)43-3)16-41(20-9-10-20)30(42)26-21(12-19-13-36-14-22(26)38-19)24-15-37-25(45-24)8-5-11-44-29-27(32)28(31(33,34)35)40(2)39-29/h4,6-7,15,19-20,22,36,38H,5,8-14,16H2,1-3H3/t19-,22-/m1/s1. The first-order valence-corrected chi connectivity index (χ1v) is 16.2. The second kappa shape index (κ2) is 12.9. The van der Waals surface area contributed by atoms with E-state index in [1.165, 1.54) is 7.05 Å². The van der Waals surface area contributed by atoms with Crippen LogP contribution in [0.4, 0.5) is 13.2 Å². The first kappa shape index (κ1) is 31.8. The normalized spacial score (nSPS) is 20.0. The van der Waals surface area contributed by atoms with E-state index in [4.69, 9.17) is 21.1 Å². The van der Waals surface area contributed by atoms with Crippen molar-refractivity contribution in [2.24, 2.45) is 7.05 Å². The van der Waals surface area contributed by atoms with Crippen molar-refractivity contribution >= 4 is 34.4 Å². The zero-order chi connectivity index (χ0) is 31.9. The van der Waals surface area contributed by atoms with Crippen LogP contribution in [0.25, 0.3) is 5.57 Å². The summed E-state index contributed by atoms with van der Waals surface area (Å²) >= 11 is 7.45. The number of ether oxygens (including phenoxy) is 2. The molecule has 1 amide bonds. The molecule has 6 rings (SSSR count). The molecule has 4 heterocycles. The van der Waals surface area contributed by atoms with E-state index in [0.717, 1.165) is 57.3 Å².